The number of carboxylic acids is 1. The number of carbonyl (C=O) groups is 2. The number of benzene rings is 1. The highest BCUT2D eigenvalue weighted by Gasteiger charge is 2.11. The lowest BCUT2D eigenvalue weighted by molar-refractivity contribution is -0.103. The van der Waals surface area contributed by atoms with Gasteiger partial charge in [0, 0.05) is 17.1 Å². The number of fused-ring (bicyclic) bond motifs is 1. The number of aromatic carboxylic acids is 1. The van der Waals surface area contributed by atoms with Crippen LogP contribution in [0.2, 0.25) is 0 Å². The number of nitrogens with one attached hydrogen (secondary N) is 1. The average Bonchev–Trinajstić information content (AvgIpc) is 2.36. The van der Waals surface area contributed by atoms with E-state index in [9.17, 15) is 14.4 Å². The van der Waals surface area contributed by atoms with Gasteiger partial charge in [0.1, 0.15) is 5.56 Å². The Labute approximate surface area is 101 Å². The van der Waals surface area contributed by atoms with Gasteiger partial charge in [0.05, 0.1) is 5.52 Å². The quantitative estimate of drug-likeness (QED) is 0.570. The molecule has 0 amide bonds. The third-order valence-electron chi connectivity index (χ3n) is 2.39. The topological polar surface area (TPSA) is 87.2 Å². The van der Waals surface area contributed by atoms with Gasteiger partial charge in [-0.3, -0.25) is 9.59 Å². The third kappa shape index (κ3) is 1.99. The van der Waals surface area contributed by atoms with Crippen LogP contribution in [0.25, 0.3) is 10.9 Å². The Morgan fingerprint density at radius 1 is 1.39 bits per heavy atom. The zero-order valence-electron chi connectivity index (χ0n) is 9.06. The molecule has 2 aromatic rings. The Hall–Kier alpha value is -2.87. The van der Waals surface area contributed by atoms with Crippen molar-refractivity contribution in [2.75, 3.05) is 0 Å². The summed E-state index contributed by atoms with van der Waals surface area (Å²) in [5, 5.41) is 9.08. The number of hydrogen-bond donors (Lipinski definition) is 2. The van der Waals surface area contributed by atoms with Crippen molar-refractivity contribution in [1.82, 2.24) is 4.98 Å². The molecule has 2 rings (SSSR count). The summed E-state index contributed by atoms with van der Waals surface area (Å²) in [4.78, 5) is 35.4. The van der Waals surface area contributed by atoms with Gasteiger partial charge in [-0.25, -0.2) is 4.79 Å². The second kappa shape index (κ2) is 4.55. The predicted molar refractivity (Wildman–Crippen MR) is 64.5 cm³/mol. The van der Waals surface area contributed by atoms with Crippen LogP contribution < -0.4 is 5.43 Å². The van der Waals surface area contributed by atoms with Crippen LogP contribution in [-0.2, 0) is 4.79 Å². The number of aromatic nitrogens is 1. The van der Waals surface area contributed by atoms with Crippen molar-refractivity contribution in [3.63, 3.8) is 0 Å². The summed E-state index contributed by atoms with van der Waals surface area (Å²) in [6.07, 6.45) is 1.62. The van der Waals surface area contributed by atoms with Gasteiger partial charge in [-0.2, -0.15) is 0 Å². The summed E-state index contributed by atoms with van der Waals surface area (Å²) in [5.74, 6) is 3.57. The molecular formula is C13H7NO4. The van der Waals surface area contributed by atoms with E-state index < -0.39 is 11.4 Å². The van der Waals surface area contributed by atoms with Gasteiger partial charge in [0.15, 0.2) is 6.29 Å². The molecule has 0 saturated heterocycles. The van der Waals surface area contributed by atoms with Crippen molar-refractivity contribution < 1.29 is 14.7 Å². The Kier molecular flexibility index (Phi) is 2.94. The van der Waals surface area contributed by atoms with Crippen molar-refractivity contribution in [2.45, 2.75) is 0 Å². The molecule has 0 spiro atoms. The molecule has 5 heteroatoms. The van der Waals surface area contributed by atoms with Crippen molar-refractivity contribution >= 4 is 23.2 Å². The van der Waals surface area contributed by atoms with E-state index in [0.29, 0.717) is 17.4 Å². The van der Waals surface area contributed by atoms with E-state index in [0.717, 1.165) is 6.20 Å². The van der Waals surface area contributed by atoms with E-state index in [1.54, 1.807) is 12.1 Å². The fourth-order valence-electron chi connectivity index (χ4n) is 1.57. The SMILES string of the molecule is O=CC#Cc1ccc2c(=O)c(C(=O)O)c[nH]c2c1. The van der Waals surface area contributed by atoms with Crippen molar-refractivity contribution in [1.29, 1.82) is 0 Å². The average molecular weight is 241 g/mol. The Bertz CT molecular complexity index is 762. The molecule has 0 aliphatic heterocycles. The summed E-state index contributed by atoms with van der Waals surface area (Å²) < 4.78 is 0. The normalized spacial score (nSPS) is 9.56. The maximum atomic E-state index is 11.8. The Morgan fingerprint density at radius 3 is 2.83 bits per heavy atom. The molecular weight excluding hydrogens is 234 g/mol. The standard InChI is InChI=1S/C13H7NO4/c15-5-1-2-8-3-4-9-11(6-8)14-7-10(12(9)16)13(17)18/h3-7H,(H,14,16)(H,17,18). The number of carbonyl (C=O) groups excluding carboxylic acids is 1. The van der Waals surface area contributed by atoms with E-state index in [1.165, 1.54) is 6.07 Å². The first-order valence-electron chi connectivity index (χ1n) is 4.97. The predicted octanol–water partition coefficient (Wildman–Crippen LogP) is 0.777. The van der Waals surface area contributed by atoms with Gasteiger partial charge in [0.2, 0.25) is 5.43 Å². The number of aromatic amines is 1. The Morgan fingerprint density at radius 2 is 2.17 bits per heavy atom. The lowest BCUT2D eigenvalue weighted by Crippen LogP contribution is -2.15. The van der Waals surface area contributed by atoms with Crippen LogP contribution in [-0.4, -0.2) is 22.3 Å². The molecule has 0 atom stereocenters. The van der Waals surface area contributed by atoms with Crippen LogP contribution in [0.3, 0.4) is 0 Å². The van der Waals surface area contributed by atoms with Crippen LogP contribution in [0, 0.1) is 11.8 Å². The molecule has 0 bridgehead atoms. The van der Waals surface area contributed by atoms with E-state index >= 15 is 0 Å². The van der Waals surface area contributed by atoms with Crippen LogP contribution in [0.1, 0.15) is 15.9 Å². The zero-order chi connectivity index (χ0) is 13.1. The summed E-state index contributed by atoms with van der Waals surface area (Å²) in [7, 11) is 0. The van der Waals surface area contributed by atoms with Crippen LogP contribution in [0.5, 0.6) is 0 Å². The summed E-state index contributed by atoms with van der Waals surface area (Å²) >= 11 is 0. The van der Waals surface area contributed by atoms with E-state index in [1.807, 2.05) is 0 Å². The fourth-order valence-corrected chi connectivity index (χ4v) is 1.57. The minimum Gasteiger partial charge on any atom is -0.477 e. The molecule has 18 heavy (non-hydrogen) atoms. The highest BCUT2D eigenvalue weighted by Crippen LogP contribution is 2.10. The van der Waals surface area contributed by atoms with Gasteiger partial charge < -0.3 is 10.1 Å². The molecule has 0 radical (unpaired) electrons. The van der Waals surface area contributed by atoms with Gasteiger partial charge >= 0.3 is 5.97 Å². The van der Waals surface area contributed by atoms with E-state index in [2.05, 4.69) is 16.8 Å². The van der Waals surface area contributed by atoms with E-state index in [4.69, 9.17) is 5.11 Å². The molecule has 0 unspecified atom stereocenters. The number of pyridine rings is 1. The molecule has 1 aromatic carbocycles. The molecule has 2 N–H and O–H groups in total. The minimum atomic E-state index is -1.28. The molecule has 88 valence electrons. The van der Waals surface area contributed by atoms with Crippen LogP contribution >= 0.6 is 0 Å². The number of H-pyrrole nitrogens is 1. The fraction of sp³-hybridized carbons (Fsp3) is 0. The van der Waals surface area contributed by atoms with Crippen LogP contribution in [0.15, 0.2) is 29.2 Å². The van der Waals surface area contributed by atoms with Crippen molar-refractivity contribution in [2.24, 2.45) is 0 Å². The monoisotopic (exact) mass is 241 g/mol. The number of rotatable bonds is 1. The van der Waals surface area contributed by atoms with Gasteiger partial charge in [-0.15, -0.1) is 0 Å². The van der Waals surface area contributed by atoms with Gasteiger partial charge in [0.25, 0.3) is 0 Å². The minimum absolute atomic E-state index is 0.270. The first-order valence-corrected chi connectivity index (χ1v) is 4.97. The van der Waals surface area contributed by atoms with E-state index in [-0.39, 0.29) is 10.9 Å². The summed E-state index contributed by atoms with van der Waals surface area (Å²) in [6.45, 7) is 0. The first-order chi connectivity index (χ1) is 8.63. The molecule has 5 nitrogen and oxygen atoms in total. The number of aldehydes is 1. The molecule has 0 aliphatic carbocycles. The lowest BCUT2D eigenvalue weighted by atomic mass is 10.1. The number of carboxylic acid groups (broad SMARTS) is 1. The zero-order valence-corrected chi connectivity index (χ0v) is 9.06. The number of hydrogen-bond acceptors (Lipinski definition) is 3. The maximum absolute atomic E-state index is 11.8. The summed E-state index contributed by atoms with van der Waals surface area (Å²) in [5.41, 5.74) is 0.177. The largest absolute Gasteiger partial charge is 0.477 e. The van der Waals surface area contributed by atoms with Crippen molar-refractivity contribution in [3.05, 3.63) is 45.7 Å². The van der Waals surface area contributed by atoms with Crippen molar-refractivity contribution in [3.8, 4) is 11.8 Å². The van der Waals surface area contributed by atoms with Gasteiger partial charge in [-0.05, 0) is 24.1 Å². The van der Waals surface area contributed by atoms with Gasteiger partial charge in [-0.1, -0.05) is 5.92 Å². The Balaban J connectivity index is 2.68. The smallest absolute Gasteiger partial charge is 0.341 e. The molecule has 0 fully saturated rings. The molecule has 1 heterocycles. The maximum Gasteiger partial charge on any atom is 0.341 e. The molecule has 1 aromatic heterocycles. The molecule has 0 saturated carbocycles. The molecule has 0 aliphatic rings. The summed E-state index contributed by atoms with van der Waals surface area (Å²) in [6, 6.07) is 4.62. The highest BCUT2D eigenvalue weighted by molar-refractivity contribution is 5.92. The lowest BCUT2D eigenvalue weighted by Gasteiger charge is -2.00. The second-order valence-corrected chi connectivity index (χ2v) is 3.48. The second-order valence-electron chi connectivity index (χ2n) is 3.48. The highest BCUT2D eigenvalue weighted by atomic mass is 16.4. The van der Waals surface area contributed by atoms with Crippen LogP contribution in [0.4, 0.5) is 0 Å². The first kappa shape index (κ1) is 11.6. The third-order valence-corrected chi connectivity index (χ3v) is 2.39.